The third kappa shape index (κ3) is 3.04. The van der Waals surface area contributed by atoms with Crippen LogP contribution in [0.25, 0.3) is 0 Å². The molecule has 2 rings (SSSR count). The van der Waals surface area contributed by atoms with Gasteiger partial charge in [-0.15, -0.1) is 0 Å². The number of pyridine rings is 1. The third-order valence-electron chi connectivity index (χ3n) is 2.33. The van der Waals surface area contributed by atoms with Gasteiger partial charge >= 0.3 is 0 Å². The molecule has 0 radical (unpaired) electrons. The van der Waals surface area contributed by atoms with E-state index in [2.05, 4.69) is 15.5 Å². The van der Waals surface area contributed by atoms with Crippen molar-refractivity contribution >= 4 is 12.1 Å². The number of hydrogen-bond donors (Lipinski definition) is 1. The van der Waals surface area contributed by atoms with E-state index in [1.165, 1.54) is 6.21 Å². The maximum absolute atomic E-state index is 11.6. The van der Waals surface area contributed by atoms with E-state index in [1.807, 2.05) is 13.0 Å². The molecule has 2 heterocycles. The van der Waals surface area contributed by atoms with Crippen LogP contribution < -0.4 is 5.43 Å². The highest BCUT2D eigenvalue weighted by atomic mass is 16.3. The van der Waals surface area contributed by atoms with Crippen molar-refractivity contribution in [1.29, 1.82) is 0 Å². The van der Waals surface area contributed by atoms with Crippen LogP contribution in [0.1, 0.15) is 28.8 Å². The average molecular weight is 243 g/mol. The van der Waals surface area contributed by atoms with Gasteiger partial charge in [-0.3, -0.25) is 9.78 Å². The first-order valence-electron chi connectivity index (χ1n) is 5.61. The van der Waals surface area contributed by atoms with Crippen molar-refractivity contribution in [3.05, 3.63) is 53.7 Å². The number of furan rings is 1. The first-order chi connectivity index (χ1) is 8.79. The summed E-state index contributed by atoms with van der Waals surface area (Å²) in [4.78, 5) is 15.4. The Kier molecular flexibility index (Phi) is 3.86. The van der Waals surface area contributed by atoms with Gasteiger partial charge in [0.25, 0.3) is 5.91 Å². The molecule has 0 atom stereocenters. The zero-order chi connectivity index (χ0) is 12.8. The lowest BCUT2D eigenvalue weighted by molar-refractivity contribution is 0.0955. The van der Waals surface area contributed by atoms with E-state index < -0.39 is 0 Å². The molecular weight excluding hydrogens is 230 g/mol. The second-order valence-electron chi connectivity index (χ2n) is 3.59. The van der Waals surface area contributed by atoms with Crippen molar-refractivity contribution in [2.24, 2.45) is 5.10 Å². The number of aromatic nitrogens is 1. The van der Waals surface area contributed by atoms with Crippen molar-refractivity contribution in [2.75, 3.05) is 0 Å². The Morgan fingerprint density at radius 1 is 1.39 bits per heavy atom. The minimum absolute atomic E-state index is 0.282. The third-order valence-corrected chi connectivity index (χ3v) is 2.33. The zero-order valence-corrected chi connectivity index (χ0v) is 9.96. The molecular formula is C13H13N3O2. The SMILES string of the molecule is CCc1ccc(/C=N/NC(=O)c2ccncc2)o1. The second kappa shape index (κ2) is 5.77. The van der Waals surface area contributed by atoms with Crippen LogP contribution in [0.15, 0.2) is 46.2 Å². The summed E-state index contributed by atoms with van der Waals surface area (Å²) in [6.45, 7) is 2.00. The van der Waals surface area contributed by atoms with Crippen molar-refractivity contribution in [3.63, 3.8) is 0 Å². The molecule has 92 valence electrons. The van der Waals surface area contributed by atoms with Gasteiger partial charge in [0.15, 0.2) is 0 Å². The molecule has 2 aromatic heterocycles. The molecule has 0 aliphatic carbocycles. The molecule has 0 saturated heterocycles. The van der Waals surface area contributed by atoms with Gasteiger partial charge in [0.2, 0.25) is 0 Å². The first kappa shape index (κ1) is 12.0. The van der Waals surface area contributed by atoms with Crippen LogP contribution >= 0.6 is 0 Å². The number of hydrogen-bond acceptors (Lipinski definition) is 4. The molecule has 0 aromatic carbocycles. The summed E-state index contributed by atoms with van der Waals surface area (Å²) in [6, 6.07) is 6.92. The summed E-state index contributed by atoms with van der Waals surface area (Å²) >= 11 is 0. The van der Waals surface area contributed by atoms with Crippen molar-refractivity contribution in [1.82, 2.24) is 10.4 Å². The van der Waals surface area contributed by atoms with Crippen molar-refractivity contribution in [2.45, 2.75) is 13.3 Å². The van der Waals surface area contributed by atoms with Crippen LogP contribution in [0.3, 0.4) is 0 Å². The molecule has 2 aromatic rings. The number of amides is 1. The largest absolute Gasteiger partial charge is 0.460 e. The Hall–Kier alpha value is -2.43. The average Bonchev–Trinajstić information content (AvgIpc) is 2.87. The zero-order valence-electron chi connectivity index (χ0n) is 9.96. The van der Waals surface area contributed by atoms with Crippen LogP contribution in [0.4, 0.5) is 0 Å². The minimum Gasteiger partial charge on any atom is -0.460 e. The number of carbonyl (C=O) groups is 1. The molecule has 0 spiro atoms. The number of nitrogens with zero attached hydrogens (tertiary/aromatic N) is 2. The number of nitrogens with one attached hydrogen (secondary N) is 1. The minimum atomic E-state index is -0.282. The summed E-state index contributed by atoms with van der Waals surface area (Å²) in [5, 5.41) is 3.83. The summed E-state index contributed by atoms with van der Waals surface area (Å²) in [6.07, 6.45) is 5.41. The molecule has 0 aliphatic heterocycles. The molecule has 1 amide bonds. The lowest BCUT2D eigenvalue weighted by Crippen LogP contribution is -2.17. The predicted molar refractivity (Wildman–Crippen MR) is 67.4 cm³/mol. The monoisotopic (exact) mass is 243 g/mol. The first-order valence-corrected chi connectivity index (χ1v) is 5.61. The molecule has 5 heteroatoms. The van der Waals surface area contributed by atoms with E-state index in [0.29, 0.717) is 11.3 Å². The highest BCUT2D eigenvalue weighted by molar-refractivity contribution is 5.94. The Morgan fingerprint density at radius 3 is 2.83 bits per heavy atom. The Morgan fingerprint density at radius 2 is 2.17 bits per heavy atom. The van der Waals surface area contributed by atoms with Crippen LogP contribution in [-0.4, -0.2) is 17.1 Å². The summed E-state index contributed by atoms with van der Waals surface area (Å²) in [5.41, 5.74) is 2.93. The summed E-state index contributed by atoms with van der Waals surface area (Å²) in [5.74, 6) is 1.22. The second-order valence-corrected chi connectivity index (χ2v) is 3.59. The van der Waals surface area contributed by atoms with E-state index >= 15 is 0 Å². The maximum atomic E-state index is 11.6. The Balaban J connectivity index is 1.93. The normalized spacial score (nSPS) is 10.7. The smallest absolute Gasteiger partial charge is 0.271 e. The van der Waals surface area contributed by atoms with Gasteiger partial charge in [-0.05, 0) is 24.3 Å². The molecule has 0 unspecified atom stereocenters. The highest BCUT2D eigenvalue weighted by Gasteiger charge is 2.02. The summed E-state index contributed by atoms with van der Waals surface area (Å²) in [7, 11) is 0. The maximum Gasteiger partial charge on any atom is 0.271 e. The van der Waals surface area contributed by atoms with Gasteiger partial charge in [0, 0.05) is 24.4 Å². The molecule has 5 nitrogen and oxygen atoms in total. The Labute approximate surface area is 105 Å². The fourth-order valence-electron chi connectivity index (χ4n) is 1.38. The van der Waals surface area contributed by atoms with Gasteiger partial charge in [0.05, 0.1) is 6.21 Å². The van der Waals surface area contributed by atoms with E-state index in [-0.39, 0.29) is 5.91 Å². The molecule has 0 fully saturated rings. The Bertz CT molecular complexity index is 546. The molecule has 0 saturated carbocycles. The van der Waals surface area contributed by atoms with Gasteiger partial charge in [0.1, 0.15) is 11.5 Å². The standard InChI is InChI=1S/C13H13N3O2/c1-2-11-3-4-12(18-11)9-15-16-13(17)10-5-7-14-8-6-10/h3-9H,2H2,1H3,(H,16,17)/b15-9+. The van der Waals surface area contributed by atoms with Crippen LogP contribution in [-0.2, 0) is 6.42 Å². The summed E-state index contributed by atoms with van der Waals surface area (Å²) < 4.78 is 5.41. The van der Waals surface area contributed by atoms with E-state index in [4.69, 9.17) is 4.42 Å². The molecule has 0 aliphatic rings. The topological polar surface area (TPSA) is 67.5 Å². The predicted octanol–water partition coefficient (Wildman–Crippen LogP) is 2.00. The van der Waals surface area contributed by atoms with Gasteiger partial charge < -0.3 is 4.42 Å². The number of carbonyl (C=O) groups excluding carboxylic acids is 1. The van der Waals surface area contributed by atoms with Crippen LogP contribution in [0.5, 0.6) is 0 Å². The van der Waals surface area contributed by atoms with Crippen LogP contribution in [0, 0.1) is 0 Å². The van der Waals surface area contributed by atoms with Crippen molar-refractivity contribution < 1.29 is 9.21 Å². The van der Waals surface area contributed by atoms with Gasteiger partial charge in [-0.25, -0.2) is 5.43 Å². The number of rotatable bonds is 4. The van der Waals surface area contributed by atoms with E-state index in [0.717, 1.165) is 12.2 Å². The fourth-order valence-corrected chi connectivity index (χ4v) is 1.38. The molecule has 0 bridgehead atoms. The number of aryl methyl sites for hydroxylation is 1. The van der Waals surface area contributed by atoms with Gasteiger partial charge in [-0.1, -0.05) is 6.92 Å². The molecule has 1 N–H and O–H groups in total. The lowest BCUT2D eigenvalue weighted by atomic mass is 10.3. The fraction of sp³-hybridized carbons (Fsp3) is 0.154. The van der Waals surface area contributed by atoms with Crippen LogP contribution in [0.2, 0.25) is 0 Å². The highest BCUT2D eigenvalue weighted by Crippen LogP contribution is 2.05. The van der Waals surface area contributed by atoms with Gasteiger partial charge in [-0.2, -0.15) is 5.10 Å². The lowest BCUT2D eigenvalue weighted by Gasteiger charge is -1.97. The van der Waals surface area contributed by atoms with E-state index in [9.17, 15) is 4.79 Å². The van der Waals surface area contributed by atoms with E-state index in [1.54, 1.807) is 30.6 Å². The quantitative estimate of drug-likeness (QED) is 0.659. The van der Waals surface area contributed by atoms with Crippen molar-refractivity contribution in [3.8, 4) is 0 Å². The number of hydrazone groups is 1. The molecule has 18 heavy (non-hydrogen) atoms.